The van der Waals surface area contributed by atoms with Gasteiger partial charge in [0.25, 0.3) is 0 Å². The van der Waals surface area contributed by atoms with E-state index < -0.39 is 11.0 Å². The molecule has 4 heteroatoms. The van der Waals surface area contributed by atoms with Gasteiger partial charge >= 0.3 is 5.56 Å². The van der Waals surface area contributed by atoms with Crippen LogP contribution in [-0.2, 0) is 12.8 Å². The van der Waals surface area contributed by atoms with E-state index in [9.17, 15) is 9.59 Å². The Hall–Kier alpha value is -2.36. The Labute approximate surface area is 109 Å². The molecule has 1 aromatic carbocycles. The Morgan fingerprint density at radius 2 is 1.89 bits per heavy atom. The number of fused-ring (bicyclic) bond motifs is 1. The summed E-state index contributed by atoms with van der Waals surface area (Å²) in [5, 5.41) is 5.11. The molecule has 1 aromatic heterocycles. The number of hydrogen-bond acceptors (Lipinski definition) is 2. The van der Waals surface area contributed by atoms with Gasteiger partial charge in [-0.15, -0.1) is 0 Å². The molecule has 0 unspecified atom stereocenters. The van der Waals surface area contributed by atoms with Gasteiger partial charge in [-0.2, -0.15) is 0 Å². The topological polar surface area (TPSA) is 65.7 Å². The van der Waals surface area contributed by atoms with Gasteiger partial charge in [-0.3, -0.25) is 14.7 Å². The SMILES string of the molecule is O=c1cc(CCC2=CCc3ccccc32)[nH][nH]c1=O. The summed E-state index contributed by atoms with van der Waals surface area (Å²) < 4.78 is 0. The second kappa shape index (κ2) is 4.72. The van der Waals surface area contributed by atoms with E-state index in [0.29, 0.717) is 6.42 Å². The van der Waals surface area contributed by atoms with Gasteiger partial charge < -0.3 is 5.10 Å². The van der Waals surface area contributed by atoms with Crippen LogP contribution in [0, 0.1) is 0 Å². The molecule has 0 saturated heterocycles. The molecule has 0 amide bonds. The van der Waals surface area contributed by atoms with Crippen molar-refractivity contribution in [2.75, 3.05) is 0 Å². The number of benzene rings is 1. The fourth-order valence-electron chi connectivity index (χ4n) is 2.45. The molecular weight excluding hydrogens is 240 g/mol. The van der Waals surface area contributed by atoms with E-state index in [1.165, 1.54) is 22.8 Å². The van der Waals surface area contributed by atoms with Crippen LogP contribution < -0.4 is 11.0 Å². The normalized spacial score (nSPS) is 13.2. The van der Waals surface area contributed by atoms with Crippen LogP contribution in [0.1, 0.15) is 23.2 Å². The van der Waals surface area contributed by atoms with Crippen molar-refractivity contribution in [3.63, 3.8) is 0 Å². The van der Waals surface area contributed by atoms with E-state index in [1.54, 1.807) is 0 Å². The molecule has 0 atom stereocenters. The molecule has 0 saturated carbocycles. The van der Waals surface area contributed by atoms with Crippen LogP contribution in [0.25, 0.3) is 5.57 Å². The van der Waals surface area contributed by atoms with Gasteiger partial charge in [0.2, 0.25) is 5.43 Å². The van der Waals surface area contributed by atoms with Gasteiger partial charge in [-0.05, 0) is 36.0 Å². The number of nitrogens with one attached hydrogen (secondary N) is 2. The fourth-order valence-corrected chi connectivity index (χ4v) is 2.45. The van der Waals surface area contributed by atoms with Crippen LogP contribution in [-0.4, -0.2) is 10.2 Å². The van der Waals surface area contributed by atoms with E-state index in [-0.39, 0.29) is 0 Å². The van der Waals surface area contributed by atoms with E-state index in [0.717, 1.165) is 18.5 Å². The zero-order valence-corrected chi connectivity index (χ0v) is 10.4. The molecule has 96 valence electrons. The molecule has 4 nitrogen and oxygen atoms in total. The number of aryl methyl sites for hydroxylation is 1. The minimum atomic E-state index is -0.603. The van der Waals surface area contributed by atoms with Crippen LogP contribution in [0.15, 0.2) is 46.0 Å². The lowest BCUT2D eigenvalue weighted by atomic mass is 10.0. The van der Waals surface area contributed by atoms with Gasteiger partial charge in [0.1, 0.15) is 0 Å². The smallest absolute Gasteiger partial charge is 0.302 e. The molecule has 1 aliphatic rings. The van der Waals surface area contributed by atoms with Gasteiger partial charge in [-0.1, -0.05) is 30.3 Å². The number of aromatic amines is 2. The number of allylic oxidation sites excluding steroid dienone is 2. The Kier molecular flexibility index (Phi) is 2.91. The Balaban J connectivity index is 1.76. The maximum Gasteiger partial charge on any atom is 0.310 e. The highest BCUT2D eigenvalue weighted by atomic mass is 16.2. The van der Waals surface area contributed by atoms with Crippen molar-refractivity contribution in [2.24, 2.45) is 0 Å². The summed E-state index contributed by atoms with van der Waals surface area (Å²) in [5.74, 6) is 0. The van der Waals surface area contributed by atoms with Crippen LogP contribution in [0.4, 0.5) is 0 Å². The van der Waals surface area contributed by atoms with Gasteiger partial charge in [0, 0.05) is 11.8 Å². The van der Waals surface area contributed by atoms with Crippen LogP contribution in [0.2, 0.25) is 0 Å². The maximum atomic E-state index is 11.3. The average molecular weight is 254 g/mol. The van der Waals surface area contributed by atoms with Crippen molar-refractivity contribution in [3.05, 3.63) is 73.8 Å². The summed E-state index contributed by atoms with van der Waals surface area (Å²) in [4.78, 5) is 22.2. The fraction of sp³-hybridized carbons (Fsp3) is 0.200. The molecule has 0 aliphatic heterocycles. The van der Waals surface area contributed by atoms with E-state index in [1.807, 2.05) is 6.07 Å². The molecular formula is C15H14N2O2. The van der Waals surface area contributed by atoms with E-state index >= 15 is 0 Å². The lowest BCUT2D eigenvalue weighted by Gasteiger charge is -2.05. The standard InChI is InChI=1S/C15H14N2O2/c18-14-9-12(16-17-15(14)19)8-7-11-6-5-10-3-1-2-4-13(10)11/h1-4,6,9H,5,7-8H2,(H,16,18)(H,17,19). The molecule has 2 N–H and O–H groups in total. The first kappa shape index (κ1) is 11.7. The van der Waals surface area contributed by atoms with Crippen LogP contribution in [0.3, 0.4) is 0 Å². The Morgan fingerprint density at radius 1 is 1.05 bits per heavy atom. The van der Waals surface area contributed by atoms with Crippen molar-refractivity contribution in [3.8, 4) is 0 Å². The lowest BCUT2D eigenvalue weighted by molar-refractivity contribution is 0.857. The highest BCUT2D eigenvalue weighted by molar-refractivity contribution is 5.73. The maximum absolute atomic E-state index is 11.3. The third-order valence-electron chi connectivity index (χ3n) is 3.46. The monoisotopic (exact) mass is 254 g/mol. The predicted molar refractivity (Wildman–Crippen MR) is 74.1 cm³/mol. The molecule has 0 radical (unpaired) electrons. The van der Waals surface area contributed by atoms with Crippen molar-refractivity contribution >= 4 is 5.57 Å². The second-order valence-corrected chi connectivity index (χ2v) is 4.70. The summed E-state index contributed by atoms with van der Waals surface area (Å²) >= 11 is 0. The van der Waals surface area contributed by atoms with Gasteiger partial charge in [0.15, 0.2) is 0 Å². The van der Waals surface area contributed by atoms with Crippen LogP contribution in [0.5, 0.6) is 0 Å². The van der Waals surface area contributed by atoms with E-state index in [2.05, 4.69) is 34.5 Å². The Bertz CT molecular complexity index is 753. The third kappa shape index (κ3) is 2.29. The molecule has 3 rings (SSSR count). The summed E-state index contributed by atoms with van der Waals surface area (Å²) in [6.45, 7) is 0. The van der Waals surface area contributed by atoms with Crippen molar-refractivity contribution < 1.29 is 0 Å². The first-order valence-corrected chi connectivity index (χ1v) is 6.32. The zero-order chi connectivity index (χ0) is 13.2. The summed E-state index contributed by atoms with van der Waals surface area (Å²) in [7, 11) is 0. The number of aromatic nitrogens is 2. The summed E-state index contributed by atoms with van der Waals surface area (Å²) in [6, 6.07) is 9.74. The number of hydrogen-bond donors (Lipinski definition) is 2. The molecule has 2 aromatic rings. The molecule has 19 heavy (non-hydrogen) atoms. The molecule has 0 fully saturated rings. The predicted octanol–water partition coefficient (Wildman–Crippen LogP) is 1.64. The molecule has 1 heterocycles. The second-order valence-electron chi connectivity index (χ2n) is 4.70. The van der Waals surface area contributed by atoms with Gasteiger partial charge in [0.05, 0.1) is 0 Å². The highest BCUT2D eigenvalue weighted by Crippen LogP contribution is 2.29. The molecule has 0 spiro atoms. The summed E-state index contributed by atoms with van der Waals surface area (Å²) in [5.41, 5.74) is 3.63. The first-order valence-electron chi connectivity index (χ1n) is 6.32. The minimum Gasteiger partial charge on any atom is -0.302 e. The van der Waals surface area contributed by atoms with Crippen LogP contribution >= 0.6 is 0 Å². The third-order valence-corrected chi connectivity index (χ3v) is 3.46. The minimum absolute atomic E-state index is 0.491. The molecule has 1 aliphatic carbocycles. The lowest BCUT2D eigenvalue weighted by Crippen LogP contribution is -2.27. The number of rotatable bonds is 3. The molecule has 0 bridgehead atoms. The number of H-pyrrole nitrogens is 2. The van der Waals surface area contributed by atoms with Crippen molar-refractivity contribution in [1.29, 1.82) is 0 Å². The average Bonchev–Trinajstić information content (AvgIpc) is 2.83. The highest BCUT2D eigenvalue weighted by Gasteiger charge is 2.12. The zero-order valence-electron chi connectivity index (χ0n) is 10.4. The van der Waals surface area contributed by atoms with Gasteiger partial charge in [-0.25, -0.2) is 0 Å². The van der Waals surface area contributed by atoms with E-state index in [4.69, 9.17) is 0 Å². The quantitative estimate of drug-likeness (QED) is 0.818. The first-order chi connectivity index (χ1) is 9.24. The largest absolute Gasteiger partial charge is 0.310 e. The van der Waals surface area contributed by atoms with Crippen molar-refractivity contribution in [1.82, 2.24) is 10.2 Å². The Morgan fingerprint density at radius 3 is 2.74 bits per heavy atom. The van der Waals surface area contributed by atoms with Crippen molar-refractivity contribution in [2.45, 2.75) is 19.3 Å². The summed E-state index contributed by atoms with van der Waals surface area (Å²) in [6.07, 6.45) is 4.79.